The Morgan fingerprint density at radius 3 is 2.62 bits per heavy atom. The van der Waals surface area contributed by atoms with Gasteiger partial charge in [-0.3, -0.25) is 0 Å². The summed E-state index contributed by atoms with van der Waals surface area (Å²) in [6.45, 7) is 6.67. The second-order valence-electron chi connectivity index (χ2n) is 5.74. The van der Waals surface area contributed by atoms with Crippen LogP contribution in [0.5, 0.6) is 5.75 Å². The van der Waals surface area contributed by atoms with Crippen molar-refractivity contribution < 1.29 is 14.2 Å². The van der Waals surface area contributed by atoms with Gasteiger partial charge in [-0.1, -0.05) is 32.0 Å². The Kier molecular flexibility index (Phi) is 6.49. The second-order valence-corrected chi connectivity index (χ2v) is 5.74. The van der Waals surface area contributed by atoms with Crippen molar-refractivity contribution in [1.29, 1.82) is 0 Å². The van der Waals surface area contributed by atoms with Crippen molar-refractivity contribution in [3.63, 3.8) is 0 Å². The first-order valence-electron chi connectivity index (χ1n) is 7.80. The molecular formula is C17H27NO3. The Morgan fingerprint density at radius 2 is 1.95 bits per heavy atom. The highest BCUT2D eigenvalue weighted by Crippen LogP contribution is 2.29. The molecule has 1 aliphatic heterocycles. The van der Waals surface area contributed by atoms with Crippen molar-refractivity contribution in [3.05, 3.63) is 29.8 Å². The summed E-state index contributed by atoms with van der Waals surface area (Å²) in [6, 6.07) is 8.54. The topological polar surface area (TPSA) is 39.7 Å². The molecule has 1 fully saturated rings. The molecule has 1 N–H and O–H groups in total. The summed E-state index contributed by atoms with van der Waals surface area (Å²) >= 11 is 0. The maximum absolute atomic E-state index is 6.35. The molecule has 1 saturated heterocycles. The zero-order valence-electron chi connectivity index (χ0n) is 13.3. The lowest BCUT2D eigenvalue weighted by Gasteiger charge is -2.29. The zero-order chi connectivity index (χ0) is 15.1. The monoisotopic (exact) mass is 293 g/mol. The normalized spacial score (nSPS) is 17.9. The molecule has 2 rings (SSSR count). The average Bonchev–Trinajstić information content (AvgIpc) is 2.52. The molecule has 1 atom stereocenters. The fourth-order valence-corrected chi connectivity index (χ4v) is 2.55. The van der Waals surface area contributed by atoms with E-state index in [1.54, 1.807) is 7.11 Å². The Bertz CT molecular complexity index is 416. The van der Waals surface area contributed by atoms with Gasteiger partial charge in [0.2, 0.25) is 0 Å². The van der Waals surface area contributed by atoms with Crippen LogP contribution in [-0.2, 0) is 9.47 Å². The van der Waals surface area contributed by atoms with Crippen LogP contribution in [0.4, 0.5) is 0 Å². The molecule has 0 amide bonds. The van der Waals surface area contributed by atoms with E-state index in [2.05, 4.69) is 25.2 Å². The molecule has 4 heteroatoms. The van der Waals surface area contributed by atoms with Gasteiger partial charge in [0, 0.05) is 31.4 Å². The number of methoxy groups -OCH3 is 1. The van der Waals surface area contributed by atoms with Gasteiger partial charge in [0.25, 0.3) is 0 Å². The van der Waals surface area contributed by atoms with E-state index < -0.39 is 0 Å². The van der Waals surface area contributed by atoms with Crippen LogP contribution in [0.15, 0.2) is 24.3 Å². The van der Waals surface area contributed by atoms with Crippen LogP contribution in [-0.4, -0.2) is 39.0 Å². The van der Waals surface area contributed by atoms with E-state index in [9.17, 15) is 0 Å². The summed E-state index contributed by atoms with van der Waals surface area (Å²) in [5.41, 5.74) is 1.11. The number of para-hydroxylation sites is 1. The predicted octanol–water partition coefficient (Wildman–Crippen LogP) is 2.93. The Labute approximate surface area is 127 Å². The third-order valence-corrected chi connectivity index (χ3v) is 3.72. The van der Waals surface area contributed by atoms with Crippen molar-refractivity contribution in [2.24, 2.45) is 0 Å². The zero-order valence-corrected chi connectivity index (χ0v) is 13.3. The highest BCUT2D eigenvalue weighted by molar-refractivity contribution is 5.35. The second kappa shape index (κ2) is 8.37. The third kappa shape index (κ3) is 4.99. The van der Waals surface area contributed by atoms with Gasteiger partial charge >= 0.3 is 0 Å². The molecule has 0 spiro atoms. The van der Waals surface area contributed by atoms with Crippen LogP contribution >= 0.6 is 0 Å². The maximum atomic E-state index is 6.35. The first kappa shape index (κ1) is 16.3. The average molecular weight is 293 g/mol. The lowest BCUT2D eigenvalue weighted by atomic mass is 10.1. The molecule has 1 aromatic carbocycles. The van der Waals surface area contributed by atoms with Crippen LogP contribution in [0.25, 0.3) is 0 Å². The highest BCUT2D eigenvalue weighted by atomic mass is 16.5. The molecule has 0 aliphatic carbocycles. The van der Waals surface area contributed by atoms with Crippen molar-refractivity contribution in [2.45, 2.75) is 44.9 Å². The third-order valence-electron chi connectivity index (χ3n) is 3.72. The van der Waals surface area contributed by atoms with Crippen LogP contribution in [0.2, 0.25) is 0 Å². The quantitative estimate of drug-likeness (QED) is 0.839. The number of hydrogen-bond donors (Lipinski definition) is 1. The van der Waals surface area contributed by atoms with E-state index in [0.29, 0.717) is 6.04 Å². The molecular weight excluding hydrogens is 266 g/mol. The van der Waals surface area contributed by atoms with Crippen LogP contribution in [0.3, 0.4) is 0 Å². The predicted molar refractivity (Wildman–Crippen MR) is 83.8 cm³/mol. The van der Waals surface area contributed by atoms with Crippen molar-refractivity contribution in [2.75, 3.05) is 26.9 Å². The molecule has 0 bridgehead atoms. The molecule has 21 heavy (non-hydrogen) atoms. The van der Waals surface area contributed by atoms with Crippen LogP contribution in [0.1, 0.15) is 38.4 Å². The molecule has 4 nitrogen and oxygen atoms in total. The van der Waals surface area contributed by atoms with Crippen LogP contribution < -0.4 is 10.1 Å². The summed E-state index contributed by atoms with van der Waals surface area (Å²) < 4.78 is 17.2. The lowest BCUT2D eigenvalue weighted by Crippen LogP contribution is -2.33. The number of ether oxygens (including phenoxy) is 3. The minimum Gasteiger partial charge on any atom is -0.496 e. The largest absolute Gasteiger partial charge is 0.496 e. The molecule has 1 aliphatic rings. The molecule has 118 valence electrons. The number of rotatable bonds is 7. The first-order valence-corrected chi connectivity index (χ1v) is 7.80. The number of hydrogen-bond acceptors (Lipinski definition) is 4. The van der Waals surface area contributed by atoms with Crippen molar-refractivity contribution in [1.82, 2.24) is 5.32 Å². The summed E-state index contributed by atoms with van der Waals surface area (Å²) in [5.74, 6) is 0.889. The number of benzene rings is 1. The van der Waals surface area contributed by atoms with Gasteiger partial charge in [-0.25, -0.2) is 0 Å². The van der Waals surface area contributed by atoms with Gasteiger partial charge in [0.15, 0.2) is 0 Å². The summed E-state index contributed by atoms with van der Waals surface area (Å²) in [6.07, 6.45) is 2.20. The molecule has 0 radical (unpaired) electrons. The smallest absolute Gasteiger partial charge is 0.124 e. The van der Waals surface area contributed by atoms with E-state index in [0.717, 1.165) is 43.9 Å². The SMILES string of the molecule is COc1ccccc1C(CNC(C)C)OC1CCOCC1. The van der Waals surface area contributed by atoms with Gasteiger partial charge in [0.1, 0.15) is 5.75 Å². The fourth-order valence-electron chi connectivity index (χ4n) is 2.55. The number of nitrogens with one attached hydrogen (secondary N) is 1. The summed E-state index contributed by atoms with van der Waals surface area (Å²) in [7, 11) is 1.71. The minimum absolute atomic E-state index is 0.00616. The lowest BCUT2D eigenvalue weighted by molar-refractivity contribution is -0.0698. The maximum Gasteiger partial charge on any atom is 0.124 e. The minimum atomic E-state index is 0.00616. The van der Waals surface area contributed by atoms with Gasteiger partial charge in [-0.15, -0.1) is 0 Å². The van der Waals surface area contributed by atoms with E-state index in [1.165, 1.54) is 0 Å². The summed E-state index contributed by atoms with van der Waals surface area (Å²) in [4.78, 5) is 0. The molecule has 1 unspecified atom stereocenters. The Hall–Kier alpha value is -1.10. The van der Waals surface area contributed by atoms with Gasteiger partial charge in [-0.2, -0.15) is 0 Å². The van der Waals surface area contributed by atoms with E-state index in [1.807, 2.05) is 18.2 Å². The molecule has 1 aromatic rings. The molecule has 0 saturated carbocycles. The fraction of sp³-hybridized carbons (Fsp3) is 0.647. The standard InChI is InChI=1S/C17H27NO3/c1-13(2)18-12-17(21-14-8-10-20-11-9-14)15-6-4-5-7-16(15)19-3/h4-7,13-14,17-18H,8-12H2,1-3H3. The summed E-state index contributed by atoms with van der Waals surface area (Å²) in [5, 5.41) is 3.47. The van der Waals surface area contributed by atoms with Crippen LogP contribution in [0, 0.1) is 0 Å². The molecule has 1 heterocycles. The van der Waals surface area contributed by atoms with E-state index in [-0.39, 0.29) is 12.2 Å². The first-order chi connectivity index (χ1) is 10.2. The Morgan fingerprint density at radius 1 is 1.24 bits per heavy atom. The van der Waals surface area contributed by atoms with Gasteiger partial charge < -0.3 is 19.5 Å². The van der Waals surface area contributed by atoms with Gasteiger partial charge in [0.05, 0.1) is 19.3 Å². The van der Waals surface area contributed by atoms with Crippen molar-refractivity contribution >= 4 is 0 Å². The van der Waals surface area contributed by atoms with E-state index in [4.69, 9.17) is 14.2 Å². The van der Waals surface area contributed by atoms with E-state index >= 15 is 0 Å². The van der Waals surface area contributed by atoms with Crippen molar-refractivity contribution in [3.8, 4) is 5.75 Å². The molecule has 0 aromatic heterocycles. The highest BCUT2D eigenvalue weighted by Gasteiger charge is 2.23. The Balaban J connectivity index is 2.09. The van der Waals surface area contributed by atoms with Gasteiger partial charge in [-0.05, 0) is 18.9 Å².